The molecule has 0 atom stereocenters. The Morgan fingerprint density at radius 3 is 1.50 bits per heavy atom. The minimum Gasteiger partial charge on any atom is -0.400 e. The van der Waals surface area contributed by atoms with Crippen molar-refractivity contribution in [3.8, 4) is 0 Å². The highest BCUT2D eigenvalue weighted by Crippen LogP contribution is 2.04. The van der Waals surface area contributed by atoms with Gasteiger partial charge in [-0.15, -0.1) is 0 Å². The van der Waals surface area contributed by atoms with Crippen molar-refractivity contribution in [1.82, 2.24) is 4.90 Å². The molecule has 2 nitrogen and oxygen atoms in total. The predicted octanol–water partition coefficient (Wildman–Crippen LogP) is 2.13. The molecular weight excluding hydrogens is 150 g/mol. The van der Waals surface area contributed by atoms with Crippen LogP contribution in [0, 0.1) is 0 Å². The zero-order valence-corrected chi connectivity index (χ0v) is 9.14. The van der Waals surface area contributed by atoms with Gasteiger partial charge in [0.15, 0.2) is 0 Å². The standard InChI is InChI=1S/C6H13N.C3H8.CH4O/c1-7-5-3-2-4-6-7;1-3-2;1-2/h2-6H2,1H3;3H2,1-2H3;2H,1H3. The SMILES string of the molecule is CCC.CN1CCCCC1.CO. The molecule has 0 amide bonds. The van der Waals surface area contributed by atoms with E-state index in [1.54, 1.807) is 0 Å². The van der Waals surface area contributed by atoms with Gasteiger partial charge in [0.25, 0.3) is 0 Å². The highest BCUT2D eigenvalue weighted by atomic mass is 16.2. The van der Waals surface area contributed by atoms with Crippen molar-refractivity contribution in [2.45, 2.75) is 39.5 Å². The van der Waals surface area contributed by atoms with Crippen molar-refractivity contribution in [2.75, 3.05) is 27.2 Å². The van der Waals surface area contributed by atoms with Gasteiger partial charge in [-0.2, -0.15) is 0 Å². The van der Waals surface area contributed by atoms with E-state index in [9.17, 15) is 0 Å². The third-order valence-corrected chi connectivity index (χ3v) is 1.58. The Kier molecular flexibility index (Phi) is 16.3. The molecule has 1 aliphatic rings. The number of rotatable bonds is 0. The summed E-state index contributed by atoms with van der Waals surface area (Å²) in [6.45, 7) is 6.89. The maximum atomic E-state index is 7.00. The third-order valence-electron chi connectivity index (χ3n) is 1.58. The van der Waals surface area contributed by atoms with E-state index in [2.05, 4.69) is 25.8 Å². The molecular formula is C10H25NO. The summed E-state index contributed by atoms with van der Waals surface area (Å²) in [6, 6.07) is 0. The Morgan fingerprint density at radius 1 is 1.00 bits per heavy atom. The first-order valence-corrected chi connectivity index (χ1v) is 4.94. The van der Waals surface area contributed by atoms with E-state index in [0.717, 1.165) is 7.11 Å². The van der Waals surface area contributed by atoms with Gasteiger partial charge in [-0.1, -0.05) is 26.7 Å². The Morgan fingerprint density at radius 2 is 1.33 bits per heavy atom. The van der Waals surface area contributed by atoms with Crippen molar-refractivity contribution < 1.29 is 5.11 Å². The Hall–Kier alpha value is -0.0800. The quantitative estimate of drug-likeness (QED) is 0.609. The largest absolute Gasteiger partial charge is 0.400 e. The van der Waals surface area contributed by atoms with Crippen LogP contribution in [-0.2, 0) is 0 Å². The van der Waals surface area contributed by atoms with Gasteiger partial charge in [0, 0.05) is 7.11 Å². The van der Waals surface area contributed by atoms with E-state index in [1.165, 1.54) is 38.8 Å². The van der Waals surface area contributed by atoms with Gasteiger partial charge in [0.2, 0.25) is 0 Å². The molecule has 0 unspecified atom stereocenters. The Bertz CT molecular complexity index is 60.9. The van der Waals surface area contributed by atoms with Crippen LogP contribution in [-0.4, -0.2) is 37.3 Å². The number of nitrogens with zero attached hydrogens (tertiary/aromatic N) is 1. The first-order valence-electron chi connectivity index (χ1n) is 4.94. The number of piperidine rings is 1. The molecule has 1 heterocycles. The van der Waals surface area contributed by atoms with Crippen LogP contribution in [0.2, 0.25) is 0 Å². The number of aliphatic hydroxyl groups excluding tert-OH is 1. The van der Waals surface area contributed by atoms with E-state index in [1.807, 2.05) is 0 Å². The smallest absolute Gasteiger partial charge is 0.0319 e. The number of likely N-dealkylation sites (tertiary alicyclic amines) is 1. The molecule has 2 heteroatoms. The molecule has 1 rings (SSSR count). The highest BCUT2D eigenvalue weighted by Gasteiger charge is 2.02. The average molecular weight is 175 g/mol. The molecule has 0 aromatic rings. The molecule has 0 aromatic carbocycles. The van der Waals surface area contributed by atoms with Crippen LogP contribution in [0.1, 0.15) is 39.5 Å². The molecule has 1 N–H and O–H groups in total. The lowest BCUT2D eigenvalue weighted by Gasteiger charge is -2.20. The highest BCUT2D eigenvalue weighted by molar-refractivity contribution is 4.58. The first-order chi connectivity index (χ1) is 5.81. The Balaban J connectivity index is 0. The second-order valence-electron chi connectivity index (χ2n) is 3.07. The summed E-state index contributed by atoms with van der Waals surface area (Å²) in [6.07, 6.45) is 5.53. The molecule has 0 spiro atoms. The van der Waals surface area contributed by atoms with E-state index in [4.69, 9.17) is 5.11 Å². The molecule has 0 aromatic heterocycles. The minimum atomic E-state index is 1.00. The zero-order chi connectivity index (χ0) is 9.82. The lowest BCUT2D eigenvalue weighted by atomic mass is 10.1. The topological polar surface area (TPSA) is 23.5 Å². The maximum absolute atomic E-state index is 7.00. The summed E-state index contributed by atoms with van der Waals surface area (Å²) < 4.78 is 0. The third kappa shape index (κ3) is 12.6. The Labute approximate surface area is 77.6 Å². The van der Waals surface area contributed by atoms with Crippen molar-refractivity contribution in [3.63, 3.8) is 0 Å². The normalized spacial score (nSPS) is 16.8. The van der Waals surface area contributed by atoms with Crippen molar-refractivity contribution in [2.24, 2.45) is 0 Å². The lowest BCUT2D eigenvalue weighted by molar-refractivity contribution is 0.277. The fourth-order valence-electron chi connectivity index (χ4n) is 1.05. The molecule has 0 saturated carbocycles. The molecule has 1 fully saturated rings. The van der Waals surface area contributed by atoms with Crippen LogP contribution in [0.3, 0.4) is 0 Å². The van der Waals surface area contributed by atoms with Gasteiger partial charge in [0.1, 0.15) is 0 Å². The van der Waals surface area contributed by atoms with Gasteiger partial charge < -0.3 is 10.0 Å². The minimum absolute atomic E-state index is 1.00. The van der Waals surface area contributed by atoms with Crippen molar-refractivity contribution >= 4 is 0 Å². The maximum Gasteiger partial charge on any atom is 0.0319 e. The molecule has 0 bridgehead atoms. The second kappa shape index (κ2) is 13.5. The molecule has 1 saturated heterocycles. The van der Waals surface area contributed by atoms with Crippen molar-refractivity contribution in [3.05, 3.63) is 0 Å². The molecule has 76 valence electrons. The van der Waals surface area contributed by atoms with Gasteiger partial charge in [-0.3, -0.25) is 0 Å². The average Bonchev–Trinajstić information content (AvgIpc) is 2.11. The fraction of sp³-hybridized carbons (Fsp3) is 1.00. The summed E-state index contributed by atoms with van der Waals surface area (Å²) in [7, 11) is 3.19. The van der Waals surface area contributed by atoms with Crippen LogP contribution in [0.4, 0.5) is 0 Å². The van der Waals surface area contributed by atoms with E-state index in [-0.39, 0.29) is 0 Å². The molecule has 0 aliphatic carbocycles. The van der Waals surface area contributed by atoms with Crippen LogP contribution in [0.5, 0.6) is 0 Å². The molecule has 1 aliphatic heterocycles. The van der Waals surface area contributed by atoms with Gasteiger partial charge in [-0.05, 0) is 33.0 Å². The van der Waals surface area contributed by atoms with E-state index >= 15 is 0 Å². The van der Waals surface area contributed by atoms with Crippen LogP contribution in [0.25, 0.3) is 0 Å². The van der Waals surface area contributed by atoms with E-state index < -0.39 is 0 Å². The number of hydrogen-bond acceptors (Lipinski definition) is 2. The van der Waals surface area contributed by atoms with Crippen LogP contribution >= 0.6 is 0 Å². The van der Waals surface area contributed by atoms with Crippen molar-refractivity contribution in [1.29, 1.82) is 0 Å². The summed E-state index contributed by atoms with van der Waals surface area (Å²) in [4.78, 5) is 2.39. The summed E-state index contributed by atoms with van der Waals surface area (Å²) in [5.41, 5.74) is 0. The second-order valence-corrected chi connectivity index (χ2v) is 3.07. The predicted molar refractivity (Wildman–Crippen MR) is 55.5 cm³/mol. The van der Waals surface area contributed by atoms with Crippen LogP contribution in [0.15, 0.2) is 0 Å². The molecule has 12 heavy (non-hydrogen) atoms. The number of hydrogen-bond donors (Lipinski definition) is 1. The monoisotopic (exact) mass is 175 g/mol. The lowest BCUT2D eigenvalue weighted by Crippen LogP contribution is -2.24. The van der Waals surface area contributed by atoms with Gasteiger partial charge in [0.05, 0.1) is 0 Å². The summed E-state index contributed by atoms with van der Waals surface area (Å²) in [5, 5.41) is 7.00. The molecule has 0 radical (unpaired) electrons. The van der Waals surface area contributed by atoms with E-state index in [0.29, 0.717) is 0 Å². The summed E-state index contributed by atoms with van der Waals surface area (Å²) in [5.74, 6) is 0. The fourth-order valence-corrected chi connectivity index (χ4v) is 1.05. The van der Waals surface area contributed by atoms with Gasteiger partial charge >= 0.3 is 0 Å². The zero-order valence-electron chi connectivity index (χ0n) is 9.14. The number of aliphatic hydroxyl groups is 1. The first kappa shape index (κ1) is 14.4. The van der Waals surface area contributed by atoms with Gasteiger partial charge in [-0.25, -0.2) is 0 Å². The van der Waals surface area contributed by atoms with Crippen LogP contribution < -0.4 is 0 Å². The summed E-state index contributed by atoms with van der Waals surface area (Å²) >= 11 is 0.